The number of allylic oxidation sites excluding steroid dienone is 1. The molecule has 5 rings (SSSR count). The summed E-state index contributed by atoms with van der Waals surface area (Å²) >= 11 is 4.90. The van der Waals surface area contributed by atoms with Gasteiger partial charge in [0.15, 0.2) is 4.80 Å². The first-order valence-electron chi connectivity index (χ1n) is 14.3. The Bertz CT molecular complexity index is 1890. The summed E-state index contributed by atoms with van der Waals surface area (Å²) in [4.78, 5) is 35.1. The van der Waals surface area contributed by atoms with Crippen molar-refractivity contribution in [2.45, 2.75) is 33.4 Å². The molecule has 0 unspecified atom stereocenters. The molecule has 0 radical (unpaired) electrons. The summed E-state index contributed by atoms with van der Waals surface area (Å²) in [5, 5.41) is 0. The standard InChI is InChI=1S/C34H34BrN3O5S/c1-6-37(7-2)33(40)30-21(3)36-34-38(31(30)25-19-24(41-4)14-16-27(25)42-5)32(39)29(44-34)18-23-13-15-28(26(35)17-23)43-20-22-11-9-8-10-12-22/h8-19,31H,6-7,20H2,1-5H3/b29-18+/t31-/m1/s1. The van der Waals surface area contributed by atoms with Gasteiger partial charge in [0.05, 0.1) is 34.5 Å². The molecule has 0 fully saturated rings. The molecule has 10 heteroatoms. The first-order chi connectivity index (χ1) is 21.3. The number of benzene rings is 3. The van der Waals surface area contributed by atoms with Crippen molar-refractivity contribution in [3.8, 4) is 17.2 Å². The summed E-state index contributed by atoms with van der Waals surface area (Å²) in [6.45, 7) is 7.18. The summed E-state index contributed by atoms with van der Waals surface area (Å²) < 4.78 is 20.1. The minimum atomic E-state index is -0.757. The zero-order valence-corrected chi connectivity index (χ0v) is 27.7. The smallest absolute Gasteiger partial charge is 0.271 e. The van der Waals surface area contributed by atoms with Crippen LogP contribution in [-0.4, -0.2) is 42.7 Å². The lowest BCUT2D eigenvalue weighted by Crippen LogP contribution is -2.43. The molecule has 0 saturated carbocycles. The largest absolute Gasteiger partial charge is 0.497 e. The van der Waals surface area contributed by atoms with Gasteiger partial charge in [-0.25, -0.2) is 4.99 Å². The molecule has 1 aliphatic rings. The van der Waals surface area contributed by atoms with Crippen LogP contribution in [0.2, 0.25) is 0 Å². The molecule has 3 aromatic carbocycles. The number of thiazole rings is 1. The molecule has 2 heterocycles. The lowest BCUT2D eigenvalue weighted by atomic mass is 9.93. The monoisotopic (exact) mass is 675 g/mol. The van der Waals surface area contributed by atoms with Crippen molar-refractivity contribution in [1.82, 2.24) is 9.47 Å². The van der Waals surface area contributed by atoms with E-state index in [0.717, 1.165) is 15.6 Å². The van der Waals surface area contributed by atoms with Gasteiger partial charge < -0.3 is 19.1 Å². The third kappa shape index (κ3) is 6.23. The number of likely N-dealkylation sites (N-methyl/N-ethyl adjacent to an activating group) is 1. The molecule has 1 atom stereocenters. The van der Waals surface area contributed by atoms with E-state index in [1.165, 1.54) is 11.3 Å². The van der Waals surface area contributed by atoms with Crippen LogP contribution in [0, 0.1) is 0 Å². The number of hydrogen-bond donors (Lipinski definition) is 0. The zero-order chi connectivity index (χ0) is 31.4. The number of hydrogen-bond acceptors (Lipinski definition) is 7. The maximum atomic E-state index is 14.2. The van der Waals surface area contributed by atoms with Crippen LogP contribution in [0.4, 0.5) is 0 Å². The minimum absolute atomic E-state index is 0.171. The number of nitrogens with zero attached hydrogens (tertiary/aromatic N) is 3. The van der Waals surface area contributed by atoms with Crippen LogP contribution in [-0.2, 0) is 11.4 Å². The van der Waals surface area contributed by atoms with E-state index in [2.05, 4.69) is 15.9 Å². The van der Waals surface area contributed by atoms with Crippen LogP contribution >= 0.6 is 27.3 Å². The lowest BCUT2D eigenvalue weighted by molar-refractivity contribution is -0.127. The van der Waals surface area contributed by atoms with Crippen LogP contribution < -0.4 is 29.1 Å². The molecule has 8 nitrogen and oxygen atoms in total. The van der Waals surface area contributed by atoms with Gasteiger partial charge in [-0.2, -0.15) is 0 Å². The van der Waals surface area contributed by atoms with Crippen LogP contribution in [0.15, 0.2) is 92.3 Å². The lowest BCUT2D eigenvalue weighted by Gasteiger charge is -2.30. The maximum absolute atomic E-state index is 14.2. The fraction of sp³-hybridized carbons (Fsp3) is 0.265. The maximum Gasteiger partial charge on any atom is 0.271 e. The number of fused-ring (bicyclic) bond motifs is 1. The summed E-state index contributed by atoms with van der Waals surface area (Å²) in [6.07, 6.45) is 1.83. The fourth-order valence-electron chi connectivity index (χ4n) is 5.23. The first-order valence-corrected chi connectivity index (χ1v) is 15.9. The third-order valence-electron chi connectivity index (χ3n) is 7.53. The van der Waals surface area contributed by atoms with E-state index in [1.54, 1.807) is 35.8 Å². The van der Waals surface area contributed by atoms with Gasteiger partial charge in [-0.1, -0.05) is 47.7 Å². The molecule has 0 spiro atoms. The van der Waals surface area contributed by atoms with E-state index in [0.29, 0.717) is 63.1 Å². The molecule has 228 valence electrons. The predicted molar refractivity (Wildman–Crippen MR) is 176 cm³/mol. The van der Waals surface area contributed by atoms with Crippen molar-refractivity contribution in [2.24, 2.45) is 4.99 Å². The Kier molecular flexibility index (Phi) is 9.71. The van der Waals surface area contributed by atoms with E-state index < -0.39 is 6.04 Å². The van der Waals surface area contributed by atoms with Gasteiger partial charge in [0.1, 0.15) is 29.9 Å². The molecule has 1 aromatic heterocycles. The van der Waals surface area contributed by atoms with Crippen molar-refractivity contribution in [2.75, 3.05) is 27.3 Å². The quantitative estimate of drug-likeness (QED) is 0.223. The highest BCUT2D eigenvalue weighted by molar-refractivity contribution is 9.10. The summed E-state index contributed by atoms with van der Waals surface area (Å²) in [7, 11) is 3.15. The third-order valence-corrected chi connectivity index (χ3v) is 9.13. The Hall–Kier alpha value is -4.15. The second-order valence-corrected chi connectivity index (χ2v) is 12.0. The zero-order valence-electron chi connectivity index (χ0n) is 25.3. The summed E-state index contributed by atoms with van der Waals surface area (Å²) in [6, 6.07) is 20.3. The first kappa shape index (κ1) is 31.3. The molecule has 1 amide bonds. The van der Waals surface area contributed by atoms with E-state index in [1.807, 2.05) is 81.4 Å². The fourth-order valence-corrected chi connectivity index (χ4v) is 6.79. The van der Waals surface area contributed by atoms with Gasteiger partial charge in [-0.05, 0) is 84.2 Å². The van der Waals surface area contributed by atoms with Gasteiger partial charge in [0.2, 0.25) is 0 Å². The highest BCUT2D eigenvalue weighted by Gasteiger charge is 2.36. The molecular weight excluding hydrogens is 642 g/mol. The predicted octanol–water partition coefficient (Wildman–Crippen LogP) is 5.46. The van der Waals surface area contributed by atoms with Crippen LogP contribution in [0.3, 0.4) is 0 Å². The molecule has 44 heavy (non-hydrogen) atoms. The highest BCUT2D eigenvalue weighted by atomic mass is 79.9. The highest BCUT2D eigenvalue weighted by Crippen LogP contribution is 2.38. The molecule has 0 bridgehead atoms. The summed E-state index contributed by atoms with van der Waals surface area (Å²) in [5.41, 5.74) is 3.28. The average Bonchev–Trinajstić information content (AvgIpc) is 3.34. The molecular formula is C34H34BrN3O5S. The van der Waals surface area contributed by atoms with Gasteiger partial charge in [0, 0.05) is 18.7 Å². The minimum Gasteiger partial charge on any atom is -0.497 e. The molecule has 0 saturated heterocycles. The number of rotatable bonds is 10. The van der Waals surface area contributed by atoms with Crippen LogP contribution in [0.1, 0.15) is 43.5 Å². The number of methoxy groups -OCH3 is 2. The van der Waals surface area contributed by atoms with Gasteiger partial charge >= 0.3 is 0 Å². The SMILES string of the molecule is CCN(CC)C(=O)C1=C(C)N=c2s/c(=C/c3ccc(OCc4ccccc4)c(Br)c3)c(=O)n2[C@@H]1c1cc(OC)ccc1OC. The topological polar surface area (TPSA) is 82.4 Å². The number of halogens is 1. The van der Waals surface area contributed by atoms with Gasteiger partial charge in [0.25, 0.3) is 11.5 Å². The van der Waals surface area contributed by atoms with E-state index in [4.69, 9.17) is 19.2 Å². The number of aromatic nitrogens is 1. The van der Waals surface area contributed by atoms with Gasteiger partial charge in [-0.3, -0.25) is 14.2 Å². The van der Waals surface area contributed by atoms with Gasteiger partial charge in [-0.15, -0.1) is 0 Å². The molecule has 0 N–H and O–H groups in total. The normalized spacial score (nSPS) is 14.6. The Morgan fingerprint density at radius 3 is 2.41 bits per heavy atom. The van der Waals surface area contributed by atoms with Crippen molar-refractivity contribution >= 4 is 39.2 Å². The van der Waals surface area contributed by atoms with Crippen molar-refractivity contribution in [1.29, 1.82) is 0 Å². The average molecular weight is 677 g/mol. The molecule has 0 aliphatic carbocycles. The number of ether oxygens (including phenoxy) is 3. The Morgan fingerprint density at radius 2 is 1.75 bits per heavy atom. The van der Waals surface area contributed by atoms with Crippen LogP contribution in [0.5, 0.6) is 17.2 Å². The number of amides is 1. The Balaban J connectivity index is 1.61. The Labute approximate surface area is 268 Å². The number of carbonyl (C=O) groups excluding carboxylic acids is 1. The summed E-state index contributed by atoms with van der Waals surface area (Å²) in [5.74, 6) is 1.66. The van der Waals surface area contributed by atoms with E-state index in [-0.39, 0.29) is 11.5 Å². The van der Waals surface area contributed by atoms with E-state index in [9.17, 15) is 9.59 Å². The second kappa shape index (κ2) is 13.7. The molecule has 4 aromatic rings. The molecule has 1 aliphatic heterocycles. The van der Waals surface area contributed by atoms with Crippen molar-refractivity contribution < 1.29 is 19.0 Å². The van der Waals surface area contributed by atoms with Crippen molar-refractivity contribution in [3.63, 3.8) is 0 Å². The Morgan fingerprint density at radius 1 is 1.02 bits per heavy atom. The second-order valence-electron chi connectivity index (χ2n) is 10.1. The number of carbonyl (C=O) groups is 1. The van der Waals surface area contributed by atoms with Crippen molar-refractivity contribution in [3.05, 3.63) is 119 Å². The van der Waals surface area contributed by atoms with E-state index >= 15 is 0 Å². The van der Waals surface area contributed by atoms with Crippen LogP contribution in [0.25, 0.3) is 6.08 Å².